The van der Waals surface area contributed by atoms with Gasteiger partial charge in [-0.1, -0.05) is 0 Å². The van der Waals surface area contributed by atoms with Crippen molar-refractivity contribution in [3.05, 3.63) is 6.33 Å². The first-order chi connectivity index (χ1) is 4.22. The van der Waals surface area contributed by atoms with Crippen molar-refractivity contribution in [2.75, 3.05) is 11.5 Å². The number of nitrogen functional groups attached to an aromatic ring is 2. The number of aromatic nitrogens is 2. The van der Waals surface area contributed by atoms with Crippen LogP contribution in [0.1, 0.15) is 0 Å². The molecule has 4 nitrogen and oxygen atoms in total. The summed E-state index contributed by atoms with van der Waals surface area (Å²) in [6, 6.07) is 0. The summed E-state index contributed by atoms with van der Waals surface area (Å²) in [7, 11) is 0. The Bertz CT molecular complexity index is 204. The Morgan fingerprint density at radius 1 is 1.22 bits per heavy atom. The van der Waals surface area contributed by atoms with E-state index in [0.29, 0.717) is 16.5 Å². The largest absolute Gasteiger partial charge is 0.383 e. The van der Waals surface area contributed by atoms with Crippen molar-refractivity contribution in [3.63, 3.8) is 0 Å². The van der Waals surface area contributed by atoms with E-state index in [9.17, 15) is 0 Å². The first kappa shape index (κ1) is 6.15. The van der Waals surface area contributed by atoms with E-state index in [0.717, 1.165) is 0 Å². The summed E-state index contributed by atoms with van der Waals surface area (Å²) in [5.74, 6) is 0.622. The van der Waals surface area contributed by atoms with Gasteiger partial charge in [-0.2, -0.15) is 0 Å². The average molecular weight is 142 g/mol. The molecule has 48 valence electrons. The minimum atomic E-state index is 0.311. The molecule has 0 saturated heterocycles. The summed E-state index contributed by atoms with van der Waals surface area (Å²) in [5.41, 5.74) is 10.6. The molecule has 0 aliphatic carbocycles. The van der Waals surface area contributed by atoms with Gasteiger partial charge in [0.05, 0.1) is 4.90 Å². The van der Waals surface area contributed by atoms with E-state index in [-0.39, 0.29) is 0 Å². The summed E-state index contributed by atoms with van der Waals surface area (Å²) < 4.78 is 0. The molecule has 1 rings (SSSR count). The minimum Gasteiger partial charge on any atom is -0.383 e. The molecular formula is C4H6N4S. The van der Waals surface area contributed by atoms with Crippen LogP contribution >= 0.6 is 12.6 Å². The van der Waals surface area contributed by atoms with Gasteiger partial charge in [-0.3, -0.25) is 0 Å². The Morgan fingerprint density at radius 2 is 1.67 bits per heavy atom. The minimum absolute atomic E-state index is 0.311. The number of nitrogens with zero attached hydrogens (tertiary/aromatic N) is 2. The molecule has 0 atom stereocenters. The second kappa shape index (κ2) is 2.10. The molecule has 0 unspecified atom stereocenters. The van der Waals surface area contributed by atoms with Crippen molar-refractivity contribution in [3.8, 4) is 0 Å². The number of thiol groups is 1. The van der Waals surface area contributed by atoms with Crippen LogP contribution in [-0.4, -0.2) is 9.97 Å². The highest BCUT2D eigenvalue weighted by Crippen LogP contribution is 2.16. The zero-order chi connectivity index (χ0) is 6.85. The molecule has 0 aromatic carbocycles. The lowest BCUT2D eigenvalue weighted by atomic mass is 10.5. The molecule has 4 N–H and O–H groups in total. The van der Waals surface area contributed by atoms with Gasteiger partial charge >= 0.3 is 0 Å². The van der Waals surface area contributed by atoms with E-state index in [2.05, 4.69) is 22.6 Å². The molecule has 1 aromatic heterocycles. The molecule has 1 aromatic rings. The number of hydrogen-bond acceptors (Lipinski definition) is 5. The fourth-order valence-corrected chi connectivity index (χ4v) is 0.522. The zero-order valence-electron chi connectivity index (χ0n) is 4.57. The molecule has 0 bridgehead atoms. The highest BCUT2D eigenvalue weighted by molar-refractivity contribution is 7.80. The van der Waals surface area contributed by atoms with Crippen LogP contribution in [0, 0.1) is 0 Å². The maximum Gasteiger partial charge on any atom is 0.142 e. The molecular weight excluding hydrogens is 136 g/mol. The van der Waals surface area contributed by atoms with Gasteiger partial charge in [0.1, 0.15) is 18.0 Å². The fraction of sp³-hybridized carbons (Fsp3) is 0. The van der Waals surface area contributed by atoms with Crippen LogP contribution in [0.2, 0.25) is 0 Å². The zero-order valence-corrected chi connectivity index (χ0v) is 5.47. The van der Waals surface area contributed by atoms with Crippen molar-refractivity contribution in [1.82, 2.24) is 9.97 Å². The molecule has 5 heteroatoms. The van der Waals surface area contributed by atoms with E-state index in [1.165, 1.54) is 6.33 Å². The Kier molecular flexibility index (Phi) is 1.44. The molecule has 0 radical (unpaired) electrons. The van der Waals surface area contributed by atoms with E-state index >= 15 is 0 Å². The standard InChI is InChI=1S/C4H6N4S/c5-3-2(9)4(6)8-1-7-3/h1,9H,(H4,5,6,7,8). The van der Waals surface area contributed by atoms with Crippen LogP contribution in [0.4, 0.5) is 11.6 Å². The predicted molar refractivity (Wildman–Crippen MR) is 38.1 cm³/mol. The third-order valence-corrected chi connectivity index (χ3v) is 1.34. The van der Waals surface area contributed by atoms with E-state index < -0.39 is 0 Å². The number of hydrogen-bond donors (Lipinski definition) is 3. The summed E-state index contributed by atoms with van der Waals surface area (Å²) in [6.45, 7) is 0. The van der Waals surface area contributed by atoms with Crippen LogP contribution in [0.5, 0.6) is 0 Å². The van der Waals surface area contributed by atoms with Gasteiger partial charge in [-0.25, -0.2) is 9.97 Å². The lowest BCUT2D eigenvalue weighted by Gasteiger charge is -1.97. The van der Waals surface area contributed by atoms with Crippen molar-refractivity contribution >= 4 is 24.3 Å². The number of rotatable bonds is 0. The van der Waals surface area contributed by atoms with Gasteiger partial charge in [-0.05, 0) is 0 Å². The van der Waals surface area contributed by atoms with Crippen LogP contribution in [0.15, 0.2) is 11.2 Å². The van der Waals surface area contributed by atoms with Gasteiger partial charge in [0, 0.05) is 0 Å². The molecule has 0 saturated carbocycles. The Labute approximate surface area is 57.7 Å². The van der Waals surface area contributed by atoms with Crippen molar-refractivity contribution in [2.24, 2.45) is 0 Å². The normalized spacial score (nSPS) is 9.44. The van der Waals surface area contributed by atoms with E-state index in [4.69, 9.17) is 11.5 Å². The fourth-order valence-electron chi connectivity index (χ4n) is 0.407. The SMILES string of the molecule is Nc1ncnc(N)c1S. The second-order valence-corrected chi connectivity index (χ2v) is 1.94. The lowest BCUT2D eigenvalue weighted by Crippen LogP contribution is -1.98. The average Bonchev–Trinajstić information content (AvgIpc) is 1.83. The Hall–Kier alpha value is -0.970. The molecule has 9 heavy (non-hydrogen) atoms. The molecule has 0 spiro atoms. The summed E-state index contributed by atoms with van der Waals surface area (Å²) in [4.78, 5) is 7.74. The van der Waals surface area contributed by atoms with Gasteiger partial charge in [0.15, 0.2) is 0 Å². The van der Waals surface area contributed by atoms with Crippen LogP contribution in [0.25, 0.3) is 0 Å². The highest BCUT2D eigenvalue weighted by Gasteiger charge is 1.97. The van der Waals surface area contributed by atoms with Crippen LogP contribution < -0.4 is 11.5 Å². The van der Waals surface area contributed by atoms with E-state index in [1.54, 1.807) is 0 Å². The lowest BCUT2D eigenvalue weighted by molar-refractivity contribution is 1.13. The maximum atomic E-state index is 5.31. The van der Waals surface area contributed by atoms with Gasteiger partial charge < -0.3 is 11.5 Å². The summed E-state index contributed by atoms with van der Waals surface area (Å²) in [5, 5.41) is 0. The summed E-state index contributed by atoms with van der Waals surface area (Å²) in [6.07, 6.45) is 1.30. The third-order valence-electron chi connectivity index (χ3n) is 0.879. The Morgan fingerprint density at radius 3 is 2.00 bits per heavy atom. The molecule has 0 fully saturated rings. The van der Waals surface area contributed by atoms with Crippen LogP contribution in [-0.2, 0) is 0 Å². The van der Waals surface area contributed by atoms with Gasteiger partial charge in [0.25, 0.3) is 0 Å². The van der Waals surface area contributed by atoms with Crippen molar-refractivity contribution in [1.29, 1.82) is 0 Å². The summed E-state index contributed by atoms with van der Waals surface area (Å²) >= 11 is 3.94. The van der Waals surface area contributed by atoms with Crippen LogP contribution in [0.3, 0.4) is 0 Å². The molecule has 0 aliphatic rings. The monoisotopic (exact) mass is 142 g/mol. The third kappa shape index (κ3) is 1.05. The maximum absolute atomic E-state index is 5.31. The molecule has 0 amide bonds. The predicted octanol–water partition coefficient (Wildman–Crippen LogP) is -0.0703. The van der Waals surface area contributed by atoms with E-state index in [1.807, 2.05) is 0 Å². The second-order valence-electron chi connectivity index (χ2n) is 1.49. The first-order valence-electron chi connectivity index (χ1n) is 2.26. The number of anilines is 2. The Balaban J connectivity index is 3.25. The quantitative estimate of drug-likeness (QED) is 0.443. The van der Waals surface area contributed by atoms with Crippen molar-refractivity contribution < 1.29 is 0 Å². The van der Waals surface area contributed by atoms with Gasteiger partial charge in [-0.15, -0.1) is 12.6 Å². The van der Waals surface area contributed by atoms with Crippen molar-refractivity contribution in [2.45, 2.75) is 4.90 Å². The topological polar surface area (TPSA) is 77.8 Å². The molecule has 0 aliphatic heterocycles. The highest BCUT2D eigenvalue weighted by atomic mass is 32.1. The smallest absolute Gasteiger partial charge is 0.142 e. The van der Waals surface area contributed by atoms with Gasteiger partial charge in [0.2, 0.25) is 0 Å². The first-order valence-corrected chi connectivity index (χ1v) is 2.71. The number of nitrogens with two attached hydrogens (primary N) is 2. The molecule has 1 heterocycles.